The smallest absolute Gasteiger partial charge is 0.249 e. The molecule has 1 N–H and O–H groups in total. The van der Waals surface area contributed by atoms with Gasteiger partial charge in [-0.05, 0) is 20.3 Å². The molecule has 4 nitrogen and oxygen atoms in total. The molecule has 76 valence electrons. The Morgan fingerprint density at radius 3 is 2.85 bits per heavy atom. The van der Waals surface area contributed by atoms with Crippen molar-refractivity contribution >= 4 is 5.91 Å². The number of hydrogen-bond acceptors (Lipinski definition) is 3. The van der Waals surface area contributed by atoms with Crippen LogP contribution in [0.4, 0.5) is 0 Å². The summed E-state index contributed by atoms with van der Waals surface area (Å²) in [6, 6.07) is 0. The maximum Gasteiger partial charge on any atom is 0.249 e. The second kappa shape index (κ2) is 4.07. The molecule has 13 heavy (non-hydrogen) atoms. The van der Waals surface area contributed by atoms with Gasteiger partial charge in [-0.3, -0.25) is 4.79 Å². The zero-order valence-electron chi connectivity index (χ0n) is 8.42. The molecule has 1 heterocycles. The number of methoxy groups -OCH3 is 1. The highest BCUT2D eigenvalue weighted by atomic mass is 16.5. The molecule has 1 aliphatic rings. The highest BCUT2D eigenvalue weighted by Crippen LogP contribution is 2.17. The number of carbonyl (C=O) groups excluding carboxylic acids is 1. The van der Waals surface area contributed by atoms with Crippen molar-refractivity contribution in [2.75, 3.05) is 20.3 Å². The van der Waals surface area contributed by atoms with Crippen molar-refractivity contribution in [1.82, 2.24) is 5.32 Å². The van der Waals surface area contributed by atoms with Gasteiger partial charge in [0.2, 0.25) is 5.91 Å². The van der Waals surface area contributed by atoms with Gasteiger partial charge in [0.05, 0.1) is 12.1 Å². The van der Waals surface area contributed by atoms with Crippen LogP contribution in [0.1, 0.15) is 20.3 Å². The van der Waals surface area contributed by atoms with E-state index >= 15 is 0 Å². The van der Waals surface area contributed by atoms with Crippen LogP contribution in [0.25, 0.3) is 0 Å². The normalized spacial score (nSPS) is 30.1. The van der Waals surface area contributed by atoms with Gasteiger partial charge in [0.1, 0.15) is 6.10 Å². The van der Waals surface area contributed by atoms with Crippen LogP contribution in [0.2, 0.25) is 0 Å². The molecule has 1 fully saturated rings. The van der Waals surface area contributed by atoms with E-state index in [4.69, 9.17) is 9.47 Å². The molecule has 0 aromatic heterocycles. The molecule has 0 bridgehead atoms. The Balaban J connectivity index is 2.43. The minimum Gasteiger partial charge on any atom is -0.379 e. The third-order valence-electron chi connectivity index (χ3n) is 2.37. The Morgan fingerprint density at radius 2 is 2.38 bits per heavy atom. The Bertz CT molecular complexity index is 187. The third kappa shape index (κ3) is 2.67. The molecular weight excluding hydrogens is 170 g/mol. The number of hydrogen-bond donors (Lipinski definition) is 1. The number of rotatable bonds is 3. The molecular formula is C9H17NO3. The largest absolute Gasteiger partial charge is 0.379 e. The van der Waals surface area contributed by atoms with Crippen LogP contribution in [-0.4, -0.2) is 37.9 Å². The lowest BCUT2D eigenvalue weighted by atomic mass is 10.0. The number of ether oxygens (including phenoxy) is 2. The van der Waals surface area contributed by atoms with Crippen molar-refractivity contribution in [1.29, 1.82) is 0 Å². The molecule has 0 aliphatic carbocycles. The fourth-order valence-electron chi connectivity index (χ4n) is 1.27. The molecule has 1 saturated heterocycles. The van der Waals surface area contributed by atoms with Crippen LogP contribution < -0.4 is 5.32 Å². The van der Waals surface area contributed by atoms with E-state index in [1.54, 1.807) is 6.92 Å². The van der Waals surface area contributed by atoms with Crippen LogP contribution in [0, 0.1) is 0 Å². The minimum absolute atomic E-state index is 0.0736. The molecule has 0 aromatic carbocycles. The van der Waals surface area contributed by atoms with Crippen LogP contribution in [0.3, 0.4) is 0 Å². The van der Waals surface area contributed by atoms with E-state index in [0.29, 0.717) is 6.61 Å². The topological polar surface area (TPSA) is 47.6 Å². The quantitative estimate of drug-likeness (QED) is 0.692. The van der Waals surface area contributed by atoms with Gasteiger partial charge < -0.3 is 14.8 Å². The van der Waals surface area contributed by atoms with E-state index < -0.39 is 6.10 Å². The standard InChI is InChI=1S/C9H17NO3/c1-7(12-3)8(11)10-9(2)4-5-13-6-9/h7H,4-6H2,1-3H3,(H,10,11). The Labute approximate surface area is 78.6 Å². The van der Waals surface area contributed by atoms with Crippen molar-refractivity contribution in [3.05, 3.63) is 0 Å². The van der Waals surface area contributed by atoms with E-state index in [0.717, 1.165) is 13.0 Å². The number of amides is 1. The summed E-state index contributed by atoms with van der Waals surface area (Å²) in [4.78, 5) is 11.4. The van der Waals surface area contributed by atoms with E-state index in [2.05, 4.69) is 5.32 Å². The molecule has 0 aromatic rings. The average molecular weight is 187 g/mol. The lowest BCUT2D eigenvalue weighted by Crippen LogP contribution is -2.50. The van der Waals surface area contributed by atoms with E-state index in [1.807, 2.05) is 6.92 Å². The van der Waals surface area contributed by atoms with E-state index in [9.17, 15) is 4.79 Å². The molecule has 1 amide bonds. The molecule has 1 aliphatic heterocycles. The van der Waals surface area contributed by atoms with Gasteiger partial charge in [-0.2, -0.15) is 0 Å². The zero-order valence-corrected chi connectivity index (χ0v) is 8.42. The van der Waals surface area contributed by atoms with E-state index in [1.165, 1.54) is 7.11 Å². The lowest BCUT2D eigenvalue weighted by molar-refractivity contribution is -0.131. The van der Waals surface area contributed by atoms with Crippen molar-refractivity contribution < 1.29 is 14.3 Å². The Kier molecular flexibility index (Phi) is 3.27. The highest BCUT2D eigenvalue weighted by molar-refractivity contribution is 5.81. The van der Waals surface area contributed by atoms with Gasteiger partial charge in [-0.1, -0.05) is 0 Å². The molecule has 1 rings (SSSR count). The van der Waals surface area contributed by atoms with E-state index in [-0.39, 0.29) is 11.4 Å². The summed E-state index contributed by atoms with van der Waals surface area (Å²) >= 11 is 0. The molecule has 2 atom stereocenters. The Morgan fingerprint density at radius 1 is 1.69 bits per heavy atom. The summed E-state index contributed by atoms with van der Waals surface area (Å²) in [5.74, 6) is -0.0736. The summed E-state index contributed by atoms with van der Waals surface area (Å²) in [6.45, 7) is 5.03. The number of nitrogens with one attached hydrogen (secondary N) is 1. The molecule has 0 saturated carbocycles. The highest BCUT2D eigenvalue weighted by Gasteiger charge is 2.32. The summed E-state index contributed by atoms with van der Waals surface area (Å²) in [6.07, 6.45) is 0.479. The Hall–Kier alpha value is -0.610. The fourth-order valence-corrected chi connectivity index (χ4v) is 1.27. The third-order valence-corrected chi connectivity index (χ3v) is 2.37. The number of carbonyl (C=O) groups is 1. The first-order valence-corrected chi connectivity index (χ1v) is 4.50. The van der Waals surface area contributed by atoms with Gasteiger partial charge in [0.25, 0.3) is 0 Å². The van der Waals surface area contributed by atoms with Gasteiger partial charge in [0, 0.05) is 13.7 Å². The SMILES string of the molecule is COC(C)C(=O)NC1(C)CCOC1. The first-order chi connectivity index (χ1) is 6.07. The van der Waals surface area contributed by atoms with Crippen molar-refractivity contribution in [2.45, 2.75) is 31.9 Å². The maximum absolute atomic E-state index is 11.4. The fraction of sp³-hybridized carbons (Fsp3) is 0.889. The predicted octanol–water partition coefficient (Wildman–Crippen LogP) is 0.316. The summed E-state index contributed by atoms with van der Waals surface area (Å²) in [5, 5.41) is 2.92. The lowest BCUT2D eigenvalue weighted by Gasteiger charge is -2.25. The maximum atomic E-state index is 11.4. The van der Waals surface area contributed by atoms with Crippen molar-refractivity contribution in [2.24, 2.45) is 0 Å². The second-order valence-electron chi connectivity index (χ2n) is 3.73. The second-order valence-corrected chi connectivity index (χ2v) is 3.73. The summed E-state index contributed by atoms with van der Waals surface area (Å²) < 4.78 is 10.1. The average Bonchev–Trinajstić information content (AvgIpc) is 2.50. The first kappa shape index (κ1) is 10.5. The minimum atomic E-state index is -0.391. The zero-order chi connectivity index (χ0) is 9.90. The van der Waals surface area contributed by atoms with Crippen LogP contribution in [0.5, 0.6) is 0 Å². The monoisotopic (exact) mass is 187 g/mol. The van der Waals surface area contributed by atoms with Gasteiger partial charge >= 0.3 is 0 Å². The summed E-state index contributed by atoms with van der Waals surface area (Å²) in [7, 11) is 1.53. The van der Waals surface area contributed by atoms with Crippen molar-refractivity contribution in [3.8, 4) is 0 Å². The van der Waals surface area contributed by atoms with Crippen molar-refractivity contribution in [3.63, 3.8) is 0 Å². The molecule has 0 spiro atoms. The molecule has 4 heteroatoms. The van der Waals surface area contributed by atoms with Gasteiger partial charge in [-0.25, -0.2) is 0 Å². The first-order valence-electron chi connectivity index (χ1n) is 4.50. The summed E-state index contributed by atoms with van der Waals surface area (Å²) in [5.41, 5.74) is -0.204. The molecule has 0 radical (unpaired) electrons. The van der Waals surface area contributed by atoms with Crippen LogP contribution in [0.15, 0.2) is 0 Å². The van der Waals surface area contributed by atoms with Crippen LogP contribution >= 0.6 is 0 Å². The van der Waals surface area contributed by atoms with Crippen LogP contribution in [-0.2, 0) is 14.3 Å². The van der Waals surface area contributed by atoms with Gasteiger partial charge in [-0.15, -0.1) is 0 Å². The molecule has 2 unspecified atom stereocenters. The van der Waals surface area contributed by atoms with Gasteiger partial charge in [0.15, 0.2) is 0 Å². The predicted molar refractivity (Wildman–Crippen MR) is 48.5 cm³/mol.